The highest BCUT2D eigenvalue weighted by molar-refractivity contribution is 8.01. The highest BCUT2D eigenvalue weighted by Crippen LogP contribution is 2.21. The molecule has 2 nitrogen and oxygen atoms in total. The van der Waals surface area contributed by atoms with E-state index < -0.39 is 0 Å². The van der Waals surface area contributed by atoms with Crippen LogP contribution >= 0.6 is 11.8 Å². The fourth-order valence-corrected chi connectivity index (χ4v) is 2.64. The number of aliphatic hydroxyl groups excluding tert-OH is 1. The molecular formula is C14H20O2S. The zero-order valence-electron chi connectivity index (χ0n) is 10.6. The summed E-state index contributed by atoms with van der Waals surface area (Å²) in [5, 5.41) is 8.97. The minimum Gasteiger partial charge on any atom is -0.395 e. The average Bonchev–Trinajstić information content (AvgIpc) is 2.37. The summed E-state index contributed by atoms with van der Waals surface area (Å²) < 4.78 is 0. The molecule has 2 unspecified atom stereocenters. The Morgan fingerprint density at radius 3 is 2.35 bits per heavy atom. The molecule has 0 aliphatic carbocycles. The highest BCUT2D eigenvalue weighted by atomic mass is 32.2. The van der Waals surface area contributed by atoms with E-state index in [4.69, 9.17) is 5.11 Å². The summed E-state index contributed by atoms with van der Waals surface area (Å²) in [6.45, 7) is 6.02. The van der Waals surface area contributed by atoms with Crippen molar-refractivity contribution in [2.24, 2.45) is 0 Å². The molecule has 2 atom stereocenters. The zero-order valence-corrected chi connectivity index (χ0v) is 11.5. The van der Waals surface area contributed by atoms with E-state index >= 15 is 0 Å². The second-order valence-electron chi connectivity index (χ2n) is 4.19. The van der Waals surface area contributed by atoms with Crippen LogP contribution in [0.15, 0.2) is 24.3 Å². The number of thioether (sulfide) groups is 1. The summed E-state index contributed by atoms with van der Waals surface area (Å²) in [6.07, 6.45) is 0.986. The second kappa shape index (κ2) is 6.82. The lowest BCUT2D eigenvalue weighted by Crippen LogP contribution is -2.18. The van der Waals surface area contributed by atoms with Crippen LogP contribution < -0.4 is 0 Å². The topological polar surface area (TPSA) is 37.3 Å². The van der Waals surface area contributed by atoms with E-state index in [1.807, 2.05) is 38.1 Å². The van der Waals surface area contributed by atoms with Crippen LogP contribution in [0, 0.1) is 0 Å². The van der Waals surface area contributed by atoms with Crippen LogP contribution in [0.5, 0.6) is 0 Å². The number of ketones is 1. The van der Waals surface area contributed by atoms with Gasteiger partial charge in [-0.15, -0.1) is 11.8 Å². The van der Waals surface area contributed by atoms with Crippen molar-refractivity contribution in [2.45, 2.75) is 37.7 Å². The molecule has 0 bridgehead atoms. The molecule has 0 aliphatic heterocycles. The summed E-state index contributed by atoms with van der Waals surface area (Å²) in [5.41, 5.74) is 2.00. The summed E-state index contributed by atoms with van der Waals surface area (Å²) in [7, 11) is 0. The third kappa shape index (κ3) is 4.17. The minimum absolute atomic E-state index is 0.101. The van der Waals surface area contributed by atoms with E-state index in [1.165, 1.54) is 17.3 Å². The van der Waals surface area contributed by atoms with Crippen LogP contribution in [0.4, 0.5) is 0 Å². The van der Waals surface area contributed by atoms with Crippen molar-refractivity contribution in [3.8, 4) is 0 Å². The van der Waals surface area contributed by atoms with Crippen LogP contribution in [0.2, 0.25) is 0 Å². The van der Waals surface area contributed by atoms with Crippen molar-refractivity contribution in [3.63, 3.8) is 0 Å². The van der Waals surface area contributed by atoms with E-state index in [1.54, 1.807) is 0 Å². The SMILES string of the molecule is CCc1ccc(C(=O)C(C)SC(C)CO)cc1. The average molecular weight is 252 g/mol. The summed E-state index contributed by atoms with van der Waals surface area (Å²) in [4.78, 5) is 12.1. The lowest BCUT2D eigenvalue weighted by atomic mass is 10.1. The van der Waals surface area contributed by atoms with Crippen molar-refractivity contribution in [1.82, 2.24) is 0 Å². The third-order valence-electron chi connectivity index (χ3n) is 2.71. The molecular weight excluding hydrogens is 232 g/mol. The molecule has 0 spiro atoms. The quantitative estimate of drug-likeness (QED) is 0.791. The Labute approximate surface area is 107 Å². The summed E-state index contributed by atoms with van der Waals surface area (Å²) >= 11 is 1.51. The van der Waals surface area contributed by atoms with Gasteiger partial charge in [-0.25, -0.2) is 0 Å². The number of hydrogen-bond acceptors (Lipinski definition) is 3. The van der Waals surface area contributed by atoms with E-state index in [0.29, 0.717) is 0 Å². The largest absolute Gasteiger partial charge is 0.395 e. The Bertz CT molecular complexity index is 359. The molecule has 94 valence electrons. The number of hydrogen-bond donors (Lipinski definition) is 1. The van der Waals surface area contributed by atoms with Crippen molar-refractivity contribution in [3.05, 3.63) is 35.4 Å². The molecule has 0 aromatic heterocycles. The van der Waals surface area contributed by atoms with E-state index in [9.17, 15) is 4.79 Å². The predicted octanol–water partition coefficient (Wildman–Crippen LogP) is 2.93. The second-order valence-corrected chi connectivity index (χ2v) is 5.97. The molecule has 17 heavy (non-hydrogen) atoms. The Hall–Kier alpha value is -0.800. The predicted molar refractivity (Wildman–Crippen MR) is 73.8 cm³/mol. The molecule has 0 heterocycles. The maximum absolute atomic E-state index is 12.1. The van der Waals surface area contributed by atoms with E-state index in [-0.39, 0.29) is 22.9 Å². The maximum atomic E-state index is 12.1. The summed E-state index contributed by atoms with van der Waals surface area (Å²) in [6, 6.07) is 7.78. The molecule has 1 aromatic carbocycles. The van der Waals surface area contributed by atoms with Gasteiger partial charge in [-0.2, -0.15) is 0 Å². The van der Waals surface area contributed by atoms with Crippen LogP contribution in [-0.4, -0.2) is 28.0 Å². The lowest BCUT2D eigenvalue weighted by Gasteiger charge is -2.14. The van der Waals surface area contributed by atoms with Gasteiger partial charge in [0.1, 0.15) is 0 Å². The van der Waals surface area contributed by atoms with Crippen LogP contribution in [-0.2, 0) is 6.42 Å². The molecule has 1 aromatic rings. The van der Waals surface area contributed by atoms with Gasteiger partial charge in [0.15, 0.2) is 5.78 Å². The molecule has 0 saturated heterocycles. The van der Waals surface area contributed by atoms with E-state index in [2.05, 4.69) is 6.92 Å². The molecule has 1 rings (SSSR count). The standard InChI is InChI=1S/C14H20O2S/c1-4-12-5-7-13(8-6-12)14(16)11(3)17-10(2)9-15/h5-8,10-11,15H,4,9H2,1-3H3. The van der Waals surface area contributed by atoms with Crippen LogP contribution in [0.3, 0.4) is 0 Å². The number of carbonyl (C=O) groups is 1. The van der Waals surface area contributed by atoms with Crippen molar-refractivity contribution < 1.29 is 9.90 Å². The van der Waals surface area contributed by atoms with Gasteiger partial charge in [-0.05, 0) is 18.9 Å². The normalized spacial score (nSPS) is 14.4. The molecule has 0 radical (unpaired) electrons. The number of benzene rings is 1. The van der Waals surface area contributed by atoms with Crippen molar-refractivity contribution in [2.75, 3.05) is 6.61 Å². The first-order valence-corrected chi connectivity index (χ1v) is 6.92. The molecule has 1 N–H and O–H groups in total. The van der Waals surface area contributed by atoms with Gasteiger partial charge in [0.25, 0.3) is 0 Å². The Kier molecular flexibility index (Phi) is 5.72. The fraction of sp³-hybridized carbons (Fsp3) is 0.500. The maximum Gasteiger partial charge on any atom is 0.175 e. The van der Waals surface area contributed by atoms with Gasteiger partial charge in [-0.3, -0.25) is 4.79 Å². The first kappa shape index (κ1) is 14.3. The molecule has 0 aliphatic rings. The smallest absolute Gasteiger partial charge is 0.175 e. The molecule has 0 amide bonds. The fourth-order valence-electron chi connectivity index (χ4n) is 1.59. The Balaban J connectivity index is 2.67. The van der Waals surface area contributed by atoms with Crippen molar-refractivity contribution >= 4 is 17.5 Å². The Morgan fingerprint density at radius 2 is 1.88 bits per heavy atom. The summed E-state index contributed by atoms with van der Waals surface area (Å²) in [5.74, 6) is 0.137. The monoisotopic (exact) mass is 252 g/mol. The van der Waals surface area contributed by atoms with Gasteiger partial charge < -0.3 is 5.11 Å². The van der Waals surface area contributed by atoms with Gasteiger partial charge in [0.05, 0.1) is 11.9 Å². The van der Waals surface area contributed by atoms with Gasteiger partial charge in [0, 0.05) is 10.8 Å². The highest BCUT2D eigenvalue weighted by Gasteiger charge is 2.17. The van der Waals surface area contributed by atoms with Gasteiger partial charge in [-0.1, -0.05) is 38.1 Å². The number of aryl methyl sites for hydroxylation is 1. The molecule has 0 fully saturated rings. The minimum atomic E-state index is -0.107. The lowest BCUT2D eigenvalue weighted by molar-refractivity contribution is 0.0993. The van der Waals surface area contributed by atoms with Gasteiger partial charge >= 0.3 is 0 Å². The Morgan fingerprint density at radius 1 is 1.29 bits per heavy atom. The number of aliphatic hydroxyl groups is 1. The number of carbonyl (C=O) groups excluding carboxylic acids is 1. The zero-order chi connectivity index (χ0) is 12.8. The van der Waals surface area contributed by atoms with Crippen LogP contribution in [0.1, 0.15) is 36.7 Å². The number of rotatable bonds is 6. The van der Waals surface area contributed by atoms with E-state index in [0.717, 1.165) is 12.0 Å². The van der Waals surface area contributed by atoms with Gasteiger partial charge in [0.2, 0.25) is 0 Å². The molecule has 0 saturated carbocycles. The number of Topliss-reactive ketones (excluding diaryl/α,β-unsaturated/α-hetero) is 1. The van der Waals surface area contributed by atoms with Crippen LogP contribution in [0.25, 0.3) is 0 Å². The third-order valence-corrected chi connectivity index (χ3v) is 3.95. The first-order valence-electron chi connectivity index (χ1n) is 5.98. The first-order chi connectivity index (χ1) is 8.08. The molecule has 3 heteroatoms. The van der Waals surface area contributed by atoms with Crippen molar-refractivity contribution in [1.29, 1.82) is 0 Å².